The van der Waals surface area contributed by atoms with Gasteiger partial charge in [0.05, 0.1) is 18.1 Å². The Morgan fingerprint density at radius 2 is 2.15 bits per heavy atom. The van der Waals surface area contributed by atoms with E-state index in [0.29, 0.717) is 0 Å². The summed E-state index contributed by atoms with van der Waals surface area (Å²) < 4.78 is 9.73. The Bertz CT molecular complexity index is 245. The van der Waals surface area contributed by atoms with E-state index in [2.05, 4.69) is 0 Å². The van der Waals surface area contributed by atoms with Gasteiger partial charge in [-0.25, -0.2) is 0 Å². The quantitative estimate of drug-likeness (QED) is 0.371. The van der Waals surface area contributed by atoms with Crippen LogP contribution in [-0.4, -0.2) is 52.4 Å². The first-order valence-corrected chi connectivity index (χ1v) is 3.85. The van der Waals surface area contributed by atoms with Crippen LogP contribution < -0.4 is 0 Å². The van der Waals surface area contributed by atoms with Crippen molar-refractivity contribution in [2.24, 2.45) is 0 Å². The molecule has 0 spiro atoms. The highest BCUT2D eigenvalue weighted by molar-refractivity contribution is 5.00. The molecule has 13 heavy (non-hydrogen) atoms. The van der Waals surface area contributed by atoms with Gasteiger partial charge in [0.25, 0.3) is 0 Å². The molecule has 0 saturated carbocycles. The number of aliphatic hydroxyl groups excluding tert-OH is 2. The van der Waals surface area contributed by atoms with Gasteiger partial charge in [-0.3, -0.25) is 10.1 Å². The van der Waals surface area contributed by atoms with Crippen molar-refractivity contribution < 1.29 is 24.6 Å². The minimum Gasteiger partial charge on any atom is -0.388 e. The predicted molar refractivity (Wildman–Crippen MR) is 37.4 cm³/mol. The molecule has 2 N–H and O–H groups in total. The SMILES string of the molecule is O=[N+]([O-])[C@]12OC[C@@H](O)[C@H]1OC[C@@H]2O. The summed E-state index contributed by atoms with van der Waals surface area (Å²) in [7, 11) is 0. The molecule has 0 aromatic heterocycles. The molecule has 2 aliphatic rings. The first-order chi connectivity index (χ1) is 6.09. The van der Waals surface area contributed by atoms with Gasteiger partial charge in [0.2, 0.25) is 0 Å². The normalized spacial score (nSPS) is 49.2. The maximum Gasteiger partial charge on any atom is 0.381 e. The Balaban J connectivity index is 2.35. The van der Waals surface area contributed by atoms with Crippen molar-refractivity contribution in [1.82, 2.24) is 0 Å². The van der Waals surface area contributed by atoms with E-state index < -0.39 is 29.0 Å². The molecule has 7 nitrogen and oxygen atoms in total. The molecule has 4 atom stereocenters. The van der Waals surface area contributed by atoms with Crippen molar-refractivity contribution in [2.45, 2.75) is 24.0 Å². The highest BCUT2D eigenvalue weighted by Crippen LogP contribution is 2.37. The topological polar surface area (TPSA) is 102 Å². The lowest BCUT2D eigenvalue weighted by molar-refractivity contribution is -0.636. The van der Waals surface area contributed by atoms with Crippen molar-refractivity contribution in [3.05, 3.63) is 10.1 Å². The summed E-state index contributed by atoms with van der Waals surface area (Å²) in [6.07, 6.45) is -3.41. The zero-order valence-electron chi connectivity index (χ0n) is 6.62. The second kappa shape index (κ2) is 2.61. The van der Waals surface area contributed by atoms with Crippen LogP contribution in [0.4, 0.5) is 0 Å². The summed E-state index contributed by atoms with van der Waals surface area (Å²) >= 11 is 0. The summed E-state index contributed by atoms with van der Waals surface area (Å²) in [6, 6.07) is 0. The van der Waals surface area contributed by atoms with Gasteiger partial charge in [0.15, 0.2) is 12.2 Å². The van der Waals surface area contributed by atoms with Crippen molar-refractivity contribution in [3.63, 3.8) is 0 Å². The first-order valence-electron chi connectivity index (χ1n) is 3.85. The van der Waals surface area contributed by atoms with Gasteiger partial charge < -0.3 is 19.7 Å². The summed E-state index contributed by atoms with van der Waals surface area (Å²) in [5, 5.41) is 29.3. The fourth-order valence-corrected chi connectivity index (χ4v) is 1.77. The molecule has 0 radical (unpaired) electrons. The zero-order chi connectivity index (χ0) is 9.64. The average Bonchev–Trinajstić information content (AvgIpc) is 2.55. The molecule has 0 amide bonds. The summed E-state index contributed by atoms with van der Waals surface area (Å²) in [5.74, 6) is 0. The molecule has 2 saturated heterocycles. The fourth-order valence-electron chi connectivity index (χ4n) is 1.77. The molecule has 0 aromatic rings. The van der Waals surface area contributed by atoms with Crippen LogP contribution in [-0.2, 0) is 9.47 Å². The van der Waals surface area contributed by atoms with E-state index in [1.807, 2.05) is 0 Å². The fraction of sp³-hybridized carbons (Fsp3) is 1.00. The van der Waals surface area contributed by atoms with E-state index in [9.17, 15) is 20.3 Å². The number of aliphatic hydroxyl groups is 2. The molecular weight excluding hydrogens is 182 g/mol. The number of hydrogen-bond donors (Lipinski definition) is 2. The molecular formula is C6H9NO6. The maximum absolute atomic E-state index is 10.7. The van der Waals surface area contributed by atoms with Gasteiger partial charge >= 0.3 is 5.72 Å². The predicted octanol–water partition coefficient (Wildman–Crippen LogP) is -1.89. The van der Waals surface area contributed by atoms with Crippen LogP contribution in [0.3, 0.4) is 0 Å². The van der Waals surface area contributed by atoms with Gasteiger partial charge in [-0.2, -0.15) is 0 Å². The molecule has 74 valence electrons. The third-order valence-corrected chi connectivity index (χ3v) is 2.44. The highest BCUT2D eigenvalue weighted by Gasteiger charge is 2.69. The van der Waals surface area contributed by atoms with Crippen LogP contribution in [0.1, 0.15) is 0 Å². The van der Waals surface area contributed by atoms with Crippen molar-refractivity contribution in [2.75, 3.05) is 13.2 Å². The number of rotatable bonds is 1. The summed E-state index contributed by atoms with van der Waals surface area (Å²) in [6.45, 7) is -0.356. The number of nitro groups is 1. The van der Waals surface area contributed by atoms with Crippen molar-refractivity contribution >= 4 is 0 Å². The third-order valence-electron chi connectivity index (χ3n) is 2.44. The lowest BCUT2D eigenvalue weighted by Gasteiger charge is -2.19. The Kier molecular flexibility index (Phi) is 1.77. The van der Waals surface area contributed by atoms with E-state index in [-0.39, 0.29) is 13.2 Å². The van der Waals surface area contributed by atoms with Crippen molar-refractivity contribution in [3.8, 4) is 0 Å². The standard InChI is InChI=1S/C6H9NO6/c8-3-1-13-6(7(10)11)4(9)2-12-5(3)6/h3-5,8-9H,1-2H2/t3-,4+,5-,6-/m1/s1. The van der Waals surface area contributed by atoms with E-state index in [4.69, 9.17) is 9.47 Å². The number of nitrogens with zero attached hydrogens (tertiary/aromatic N) is 1. The molecule has 0 aliphatic carbocycles. The molecule has 0 aromatic carbocycles. The molecule has 0 bridgehead atoms. The average molecular weight is 191 g/mol. The second-order valence-electron chi connectivity index (χ2n) is 3.16. The van der Waals surface area contributed by atoms with E-state index in [1.54, 1.807) is 0 Å². The largest absolute Gasteiger partial charge is 0.388 e. The van der Waals surface area contributed by atoms with E-state index >= 15 is 0 Å². The molecule has 2 aliphatic heterocycles. The minimum atomic E-state index is -1.96. The summed E-state index contributed by atoms with van der Waals surface area (Å²) in [4.78, 5) is 9.96. The van der Waals surface area contributed by atoms with Crippen LogP contribution in [0.15, 0.2) is 0 Å². The van der Waals surface area contributed by atoms with E-state index in [0.717, 1.165) is 0 Å². The molecule has 2 rings (SSSR count). The molecule has 7 heteroatoms. The van der Waals surface area contributed by atoms with Crippen LogP contribution in [0, 0.1) is 10.1 Å². The van der Waals surface area contributed by atoms with Gasteiger partial charge in [-0.05, 0) is 0 Å². The lowest BCUT2D eigenvalue weighted by Crippen LogP contribution is -2.53. The third kappa shape index (κ3) is 0.923. The van der Waals surface area contributed by atoms with Gasteiger partial charge in [-0.15, -0.1) is 0 Å². The summed E-state index contributed by atoms with van der Waals surface area (Å²) in [5.41, 5.74) is -1.96. The zero-order valence-corrected chi connectivity index (χ0v) is 6.62. The van der Waals surface area contributed by atoms with Gasteiger partial charge in [0.1, 0.15) is 6.10 Å². The Morgan fingerprint density at radius 3 is 2.69 bits per heavy atom. The first kappa shape index (κ1) is 8.82. The smallest absolute Gasteiger partial charge is 0.381 e. The highest BCUT2D eigenvalue weighted by atomic mass is 16.7. The van der Waals surface area contributed by atoms with E-state index in [1.165, 1.54) is 0 Å². The monoisotopic (exact) mass is 191 g/mol. The molecule has 0 unspecified atom stereocenters. The number of hydrogen-bond acceptors (Lipinski definition) is 6. The lowest BCUT2D eigenvalue weighted by atomic mass is 10.0. The number of fused-ring (bicyclic) bond motifs is 1. The van der Waals surface area contributed by atoms with Crippen LogP contribution in [0.2, 0.25) is 0 Å². The van der Waals surface area contributed by atoms with Crippen LogP contribution in [0.25, 0.3) is 0 Å². The molecule has 2 heterocycles. The van der Waals surface area contributed by atoms with Gasteiger partial charge in [-0.1, -0.05) is 0 Å². The Hall–Kier alpha value is -0.760. The van der Waals surface area contributed by atoms with Crippen molar-refractivity contribution in [1.29, 1.82) is 0 Å². The van der Waals surface area contributed by atoms with Crippen LogP contribution in [0.5, 0.6) is 0 Å². The molecule has 2 fully saturated rings. The Labute approximate surface area is 73.0 Å². The maximum atomic E-state index is 10.7. The minimum absolute atomic E-state index is 0.178. The van der Waals surface area contributed by atoms with Gasteiger partial charge in [0, 0.05) is 0 Å². The second-order valence-corrected chi connectivity index (χ2v) is 3.16. The van der Waals surface area contributed by atoms with Crippen LogP contribution >= 0.6 is 0 Å². The Morgan fingerprint density at radius 1 is 1.46 bits per heavy atom. The number of ether oxygens (including phenoxy) is 2.